The molecule has 1 heterocycles. The highest BCUT2D eigenvalue weighted by Crippen LogP contribution is 2.24. The van der Waals surface area contributed by atoms with Crippen molar-refractivity contribution in [3.8, 4) is 5.75 Å². The number of ether oxygens (including phenoxy) is 2. The van der Waals surface area contributed by atoms with Gasteiger partial charge in [0.25, 0.3) is 0 Å². The van der Waals surface area contributed by atoms with Crippen molar-refractivity contribution in [3.05, 3.63) is 104 Å². The van der Waals surface area contributed by atoms with Crippen LogP contribution in [0, 0.1) is 3.57 Å². The highest BCUT2D eigenvalue weighted by molar-refractivity contribution is 14.1. The molecule has 1 aliphatic rings. The maximum Gasteiger partial charge on any atom is 0.363 e. The smallest absolute Gasteiger partial charge is 0.363 e. The van der Waals surface area contributed by atoms with Crippen LogP contribution in [0.2, 0.25) is 5.02 Å². The normalized spacial score (nSPS) is 14.6. The number of nitrogens with zero attached hydrogens (tertiary/aromatic N) is 1. The van der Waals surface area contributed by atoms with E-state index in [0.29, 0.717) is 17.2 Å². The Morgan fingerprint density at radius 3 is 2.45 bits per heavy atom. The highest BCUT2D eigenvalue weighted by atomic mass is 127. The van der Waals surface area contributed by atoms with E-state index in [9.17, 15) is 4.79 Å². The highest BCUT2D eigenvalue weighted by Gasteiger charge is 2.25. The van der Waals surface area contributed by atoms with Crippen molar-refractivity contribution in [2.45, 2.75) is 6.61 Å². The molecule has 4 rings (SSSR count). The zero-order valence-electron chi connectivity index (χ0n) is 15.1. The minimum absolute atomic E-state index is 0.212. The Kier molecular flexibility index (Phi) is 5.97. The van der Waals surface area contributed by atoms with Crippen LogP contribution in [0.5, 0.6) is 5.75 Å². The average Bonchev–Trinajstić information content (AvgIpc) is 3.09. The lowest BCUT2D eigenvalue weighted by molar-refractivity contribution is -0.129. The molecule has 0 unspecified atom stereocenters. The predicted molar refractivity (Wildman–Crippen MR) is 122 cm³/mol. The van der Waals surface area contributed by atoms with Crippen molar-refractivity contribution >= 4 is 52.1 Å². The van der Waals surface area contributed by atoms with Crippen LogP contribution in [0.3, 0.4) is 0 Å². The van der Waals surface area contributed by atoms with Gasteiger partial charge in [0.2, 0.25) is 5.90 Å². The van der Waals surface area contributed by atoms with Gasteiger partial charge in [-0.15, -0.1) is 0 Å². The molecule has 144 valence electrons. The van der Waals surface area contributed by atoms with Crippen LogP contribution in [0.4, 0.5) is 0 Å². The summed E-state index contributed by atoms with van der Waals surface area (Å²) < 4.78 is 12.3. The molecule has 0 saturated heterocycles. The first-order valence-electron chi connectivity index (χ1n) is 8.83. The molecule has 0 atom stereocenters. The summed E-state index contributed by atoms with van der Waals surface area (Å²) in [5, 5.41) is 0.481. The SMILES string of the molecule is O=C1OC(c2ccccc2Cl)=N/C1=C\c1ccc(OCc2ccc(I)cc2)cc1. The molecule has 6 heteroatoms. The first-order chi connectivity index (χ1) is 14.1. The van der Waals surface area contributed by atoms with Gasteiger partial charge in [0, 0.05) is 3.57 Å². The second-order valence-corrected chi connectivity index (χ2v) is 7.95. The summed E-state index contributed by atoms with van der Waals surface area (Å²) in [6.07, 6.45) is 1.68. The summed E-state index contributed by atoms with van der Waals surface area (Å²) in [6, 6.07) is 22.7. The molecule has 0 N–H and O–H groups in total. The minimum atomic E-state index is -0.501. The van der Waals surface area contributed by atoms with Crippen LogP contribution in [0.15, 0.2) is 83.5 Å². The molecule has 1 aliphatic heterocycles. The Hall–Kier alpha value is -2.64. The van der Waals surface area contributed by atoms with E-state index in [1.165, 1.54) is 3.57 Å². The van der Waals surface area contributed by atoms with Crippen LogP contribution in [-0.4, -0.2) is 11.9 Å². The molecule has 0 fully saturated rings. The van der Waals surface area contributed by atoms with Gasteiger partial charge in [0.1, 0.15) is 12.4 Å². The fourth-order valence-electron chi connectivity index (χ4n) is 2.72. The summed E-state index contributed by atoms with van der Waals surface area (Å²) in [5.74, 6) is 0.461. The lowest BCUT2D eigenvalue weighted by Gasteiger charge is -2.06. The number of benzene rings is 3. The van der Waals surface area contributed by atoms with Gasteiger partial charge in [-0.25, -0.2) is 9.79 Å². The second kappa shape index (κ2) is 8.80. The molecule has 0 aromatic heterocycles. The number of halogens is 2. The van der Waals surface area contributed by atoms with Gasteiger partial charge in [0.15, 0.2) is 5.70 Å². The Morgan fingerprint density at radius 1 is 1.00 bits per heavy atom. The third kappa shape index (κ3) is 4.86. The quantitative estimate of drug-likeness (QED) is 0.243. The number of rotatable bonds is 5. The topological polar surface area (TPSA) is 47.9 Å². The first kappa shape index (κ1) is 19.7. The van der Waals surface area contributed by atoms with E-state index in [4.69, 9.17) is 21.1 Å². The van der Waals surface area contributed by atoms with Gasteiger partial charge >= 0.3 is 5.97 Å². The molecule has 3 aromatic carbocycles. The molecule has 0 amide bonds. The fraction of sp³-hybridized carbons (Fsp3) is 0.0435. The third-order valence-electron chi connectivity index (χ3n) is 4.23. The molecule has 4 nitrogen and oxygen atoms in total. The molecule has 0 radical (unpaired) electrons. The van der Waals surface area contributed by atoms with E-state index >= 15 is 0 Å². The van der Waals surface area contributed by atoms with Crippen molar-refractivity contribution in [2.75, 3.05) is 0 Å². The fourth-order valence-corrected chi connectivity index (χ4v) is 3.30. The third-order valence-corrected chi connectivity index (χ3v) is 5.28. The largest absolute Gasteiger partial charge is 0.489 e. The standard InChI is InChI=1S/C23H15ClINO3/c24-20-4-2-1-3-19(20)22-26-21(23(27)29-22)13-15-7-11-18(12-8-15)28-14-16-5-9-17(25)10-6-16/h1-13H,14H2/b21-13-. The summed E-state index contributed by atoms with van der Waals surface area (Å²) in [5.41, 5.74) is 2.74. The van der Waals surface area contributed by atoms with Crippen molar-refractivity contribution in [2.24, 2.45) is 4.99 Å². The predicted octanol–water partition coefficient (Wildman–Crippen LogP) is 5.87. The maximum absolute atomic E-state index is 12.2. The molecule has 0 bridgehead atoms. The van der Waals surface area contributed by atoms with Crippen molar-refractivity contribution < 1.29 is 14.3 Å². The average molecular weight is 516 g/mol. The zero-order chi connectivity index (χ0) is 20.2. The molecular weight excluding hydrogens is 501 g/mol. The van der Waals surface area contributed by atoms with Gasteiger partial charge < -0.3 is 9.47 Å². The van der Waals surface area contributed by atoms with Crippen LogP contribution in [0.25, 0.3) is 6.08 Å². The van der Waals surface area contributed by atoms with Crippen LogP contribution >= 0.6 is 34.2 Å². The Balaban J connectivity index is 1.46. The van der Waals surface area contributed by atoms with Crippen molar-refractivity contribution in [1.82, 2.24) is 0 Å². The number of aliphatic imine (C=N–C) groups is 1. The lowest BCUT2D eigenvalue weighted by atomic mass is 10.2. The summed E-state index contributed by atoms with van der Waals surface area (Å²) in [6.45, 7) is 0.495. The summed E-state index contributed by atoms with van der Waals surface area (Å²) in [4.78, 5) is 16.4. The number of carbonyl (C=O) groups excluding carboxylic acids is 1. The molecule has 0 aliphatic carbocycles. The van der Waals surface area contributed by atoms with E-state index < -0.39 is 5.97 Å². The number of esters is 1. The first-order valence-corrected chi connectivity index (χ1v) is 10.3. The number of cyclic esters (lactones) is 1. The second-order valence-electron chi connectivity index (χ2n) is 6.30. The van der Waals surface area contributed by atoms with Crippen LogP contribution < -0.4 is 4.74 Å². The van der Waals surface area contributed by atoms with Gasteiger partial charge in [-0.1, -0.05) is 48.0 Å². The van der Waals surface area contributed by atoms with Crippen LogP contribution in [-0.2, 0) is 16.1 Å². The molecule has 0 spiro atoms. The Bertz CT molecular complexity index is 1110. The van der Waals surface area contributed by atoms with Gasteiger partial charge in [-0.2, -0.15) is 0 Å². The van der Waals surface area contributed by atoms with Gasteiger partial charge in [0.05, 0.1) is 10.6 Å². The summed E-state index contributed by atoms with van der Waals surface area (Å²) in [7, 11) is 0. The van der Waals surface area contributed by atoms with Gasteiger partial charge in [-0.3, -0.25) is 0 Å². The van der Waals surface area contributed by atoms with Gasteiger partial charge in [-0.05, 0) is 76.2 Å². The Labute approximate surface area is 187 Å². The number of hydrogen-bond acceptors (Lipinski definition) is 4. The monoisotopic (exact) mass is 515 g/mol. The maximum atomic E-state index is 12.2. The molecule has 29 heavy (non-hydrogen) atoms. The summed E-state index contributed by atoms with van der Waals surface area (Å²) >= 11 is 8.43. The zero-order valence-corrected chi connectivity index (χ0v) is 18.1. The molecular formula is C23H15ClINO3. The number of carbonyl (C=O) groups is 1. The van der Waals surface area contributed by atoms with Crippen molar-refractivity contribution in [3.63, 3.8) is 0 Å². The van der Waals surface area contributed by atoms with E-state index in [1.807, 2.05) is 60.7 Å². The Morgan fingerprint density at radius 2 is 1.72 bits per heavy atom. The molecule has 0 saturated carbocycles. The van der Waals surface area contributed by atoms with Crippen molar-refractivity contribution in [1.29, 1.82) is 0 Å². The van der Waals surface area contributed by atoms with Crippen LogP contribution in [0.1, 0.15) is 16.7 Å². The molecule has 3 aromatic rings. The lowest BCUT2D eigenvalue weighted by Crippen LogP contribution is -2.05. The van der Waals surface area contributed by atoms with E-state index in [-0.39, 0.29) is 11.6 Å². The van der Waals surface area contributed by atoms with E-state index in [2.05, 4.69) is 27.6 Å². The minimum Gasteiger partial charge on any atom is -0.489 e. The van der Waals surface area contributed by atoms with E-state index in [0.717, 1.165) is 16.9 Å². The van der Waals surface area contributed by atoms with E-state index in [1.54, 1.807) is 18.2 Å². The number of hydrogen-bond donors (Lipinski definition) is 0.